The van der Waals surface area contributed by atoms with Crippen molar-refractivity contribution < 1.29 is 13.6 Å². The number of anilines is 1. The number of benzene rings is 2. The molecule has 0 aliphatic carbocycles. The van der Waals surface area contributed by atoms with Crippen molar-refractivity contribution in [3.63, 3.8) is 0 Å². The lowest BCUT2D eigenvalue weighted by atomic mass is 9.98. The van der Waals surface area contributed by atoms with Crippen LogP contribution in [-0.4, -0.2) is 28.9 Å². The minimum absolute atomic E-state index is 0.00960. The summed E-state index contributed by atoms with van der Waals surface area (Å²) in [4.78, 5) is 30.7. The summed E-state index contributed by atoms with van der Waals surface area (Å²) in [6.45, 7) is 4.83. The predicted octanol–water partition coefficient (Wildman–Crippen LogP) is 3.42. The first-order valence-corrected chi connectivity index (χ1v) is 9.44. The molecule has 0 saturated heterocycles. The quantitative estimate of drug-likeness (QED) is 0.712. The summed E-state index contributed by atoms with van der Waals surface area (Å²) < 4.78 is 26.8. The third-order valence-corrected chi connectivity index (χ3v) is 5.40. The van der Waals surface area contributed by atoms with Gasteiger partial charge in [-0.15, -0.1) is 0 Å². The Balaban J connectivity index is 1.55. The molecule has 2 N–H and O–H groups in total. The first-order chi connectivity index (χ1) is 13.8. The van der Waals surface area contributed by atoms with E-state index in [0.717, 1.165) is 34.5 Å². The molecule has 5 nitrogen and oxygen atoms in total. The van der Waals surface area contributed by atoms with Crippen molar-refractivity contribution in [2.45, 2.75) is 26.8 Å². The Hall–Kier alpha value is -3.06. The highest BCUT2D eigenvalue weighted by molar-refractivity contribution is 5.92. The first kappa shape index (κ1) is 19.3. The fraction of sp³-hybridized carbons (Fsp3) is 0.273. The van der Waals surface area contributed by atoms with Crippen LogP contribution in [0.15, 0.2) is 35.1 Å². The number of halogens is 2. The lowest BCUT2D eigenvalue weighted by Crippen LogP contribution is -2.39. The van der Waals surface area contributed by atoms with Crippen LogP contribution in [0.1, 0.15) is 22.4 Å². The van der Waals surface area contributed by atoms with Gasteiger partial charge < -0.3 is 10.3 Å². The molecule has 3 aromatic rings. The molecule has 4 rings (SSSR count). The number of rotatable bonds is 3. The summed E-state index contributed by atoms with van der Waals surface area (Å²) in [7, 11) is 0. The monoisotopic (exact) mass is 397 g/mol. The molecule has 2 heterocycles. The number of nitrogens with one attached hydrogen (secondary N) is 2. The molecular formula is C22H21F2N3O2. The van der Waals surface area contributed by atoms with Crippen LogP contribution in [0.2, 0.25) is 0 Å². The highest BCUT2D eigenvalue weighted by atomic mass is 19.1. The maximum Gasteiger partial charge on any atom is 0.238 e. The van der Waals surface area contributed by atoms with Gasteiger partial charge in [0.05, 0.1) is 17.7 Å². The zero-order chi connectivity index (χ0) is 20.7. The fourth-order valence-corrected chi connectivity index (χ4v) is 3.85. The van der Waals surface area contributed by atoms with Gasteiger partial charge in [0.15, 0.2) is 5.43 Å². The summed E-state index contributed by atoms with van der Waals surface area (Å²) in [6, 6.07) is 6.93. The summed E-state index contributed by atoms with van der Waals surface area (Å²) in [5.41, 5.74) is 4.29. The molecule has 0 spiro atoms. The molecule has 7 heteroatoms. The molecule has 1 aromatic heterocycles. The summed E-state index contributed by atoms with van der Waals surface area (Å²) >= 11 is 0. The Bertz CT molecular complexity index is 1190. The number of amides is 1. The standard InChI is InChI=1S/C22H21F2N3O2/c1-12-3-4-13(2)21-20(12)22(29)15-10-27(8-7-17(15)26-21)11-19(28)25-18-6-5-14(23)9-16(18)24/h3-6,9H,7-8,10-11H2,1-2H3,(H,25,28)(H,26,29). The molecule has 0 fully saturated rings. The van der Waals surface area contributed by atoms with E-state index in [1.165, 1.54) is 6.07 Å². The Labute approximate surface area is 166 Å². The van der Waals surface area contributed by atoms with Crippen LogP contribution in [-0.2, 0) is 17.8 Å². The summed E-state index contributed by atoms with van der Waals surface area (Å²) in [5, 5.41) is 3.15. The second-order valence-electron chi connectivity index (χ2n) is 7.49. The highest BCUT2D eigenvalue weighted by Crippen LogP contribution is 2.23. The van der Waals surface area contributed by atoms with Crippen LogP contribution in [0.3, 0.4) is 0 Å². The predicted molar refractivity (Wildman–Crippen MR) is 108 cm³/mol. The number of pyridine rings is 1. The van der Waals surface area contributed by atoms with Crippen molar-refractivity contribution >= 4 is 22.5 Å². The van der Waals surface area contributed by atoms with Gasteiger partial charge in [0.2, 0.25) is 5.91 Å². The molecule has 150 valence electrons. The number of nitrogens with zero attached hydrogens (tertiary/aromatic N) is 1. The van der Waals surface area contributed by atoms with E-state index in [4.69, 9.17) is 0 Å². The molecule has 1 aliphatic rings. The van der Waals surface area contributed by atoms with E-state index >= 15 is 0 Å². The maximum atomic E-state index is 13.7. The average Bonchev–Trinajstić information content (AvgIpc) is 2.67. The van der Waals surface area contributed by atoms with Crippen LogP contribution in [0.4, 0.5) is 14.5 Å². The Kier molecular flexibility index (Phi) is 4.92. The number of aromatic nitrogens is 1. The van der Waals surface area contributed by atoms with Gasteiger partial charge in [-0.3, -0.25) is 14.5 Å². The molecule has 1 aliphatic heterocycles. The number of hydrogen-bond donors (Lipinski definition) is 2. The normalized spacial score (nSPS) is 14.1. The summed E-state index contributed by atoms with van der Waals surface area (Å²) in [6.07, 6.45) is 0.617. The van der Waals surface area contributed by atoms with Gasteiger partial charge in [-0.2, -0.15) is 0 Å². The molecule has 2 aromatic carbocycles. The van der Waals surface area contributed by atoms with Crippen LogP contribution in [0, 0.1) is 25.5 Å². The third-order valence-electron chi connectivity index (χ3n) is 5.40. The van der Waals surface area contributed by atoms with Crippen molar-refractivity contribution in [1.29, 1.82) is 0 Å². The van der Waals surface area contributed by atoms with E-state index in [0.29, 0.717) is 30.5 Å². The van der Waals surface area contributed by atoms with Gasteiger partial charge in [-0.1, -0.05) is 12.1 Å². The van der Waals surface area contributed by atoms with Crippen LogP contribution in [0.25, 0.3) is 10.9 Å². The molecule has 0 saturated carbocycles. The number of fused-ring (bicyclic) bond motifs is 2. The van der Waals surface area contributed by atoms with Gasteiger partial charge in [0.1, 0.15) is 11.6 Å². The minimum atomic E-state index is -0.823. The van der Waals surface area contributed by atoms with E-state index in [2.05, 4.69) is 10.3 Å². The van der Waals surface area contributed by atoms with Gasteiger partial charge in [-0.05, 0) is 37.1 Å². The molecule has 0 bridgehead atoms. The zero-order valence-electron chi connectivity index (χ0n) is 16.2. The van der Waals surface area contributed by atoms with E-state index < -0.39 is 17.5 Å². The fourth-order valence-electron chi connectivity index (χ4n) is 3.85. The number of aromatic amines is 1. The van der Waals surface area contributed by atoms with Gasteiger partial charge in [0, 0.05) is 42.2 Å². The number of H-pyrrole nitrogens is 1. The van der Waals surface area contributed by atoms with E-state index in [9.17, 15) is 18.4 Å². The Morgan fingerprint density at radius 1 is 1.17 bits per heavy atom. The molecular weight excluding hydrogens is 376 g/mol. The zero-order valence-corrected chi connectivity index (χ0v) is 16.2. The van der Waals surface area contributed by atoms with Crippen molar-refractivity contribution in [1.82, 2.24) is 9.88 Å². The smallest absolute Gasteiger partial charge is 0.238 e. The van der Waals surface area contributed by atoms with Crippen LogP contribution >= 0.6 is 0 Å². The molecule has 0 atom stereocenters. The van der Waals surface area contributed by atoms with E-state index in [-0.39, 0.29) is 17.7 Å². The first-order valence-electron chi connectivity index (χ1n) is 9.44. The number of aryl methyl sites for hydroxylation is 2. The molecule has 0 radical (unpaired) electrons. The van der Waals surface area contributed by atoms with Gasteiger partial charge in [0.25, 0.3) is 0 Å². The van der Waals surface area contributed by atoms with Crippen molar-refractivity contribution in [3.05, 3.63) is 74.6 Å². The van der Waals surface area contributed by atoms with Crippen LogP contribution in [0.5, 0.6) is 0 Å². The highest BCUT2D eigenvalue weighted by Gasteiger charge is 2.23. The molecule has 0 unspecified atom stereocenters. The van der Waals surface area contributed by atoms with E-state index in [1.54, 1.807) is 0 Å². The van der Waals surface area contributed by atoms with E-state index in [1.807, 2.05) is 30.9 Å². The third kappa shape index (κ3) is 3.65. The average molecular weight is 397 g/mol. The second-order valence-corrected chi connectivity index (χ2v) is 7.49. The Morgan fingerprint density at radius 3 is 2.69 bits per heavy atom. The van der Waals surface area contributed by atoms with Crippen molar-refractivity contribution in [3.8, 4) is 0 Å². The SMILES string of the molecule is Cc1ccc(C)c2c(=O)c3c([nH]c12)CCN(CC(=O)Nc1ccc(F)cc1F)C3. The largest absolute Gasteiger partial charge is 0.358 e. The lowest BCUT2D eigenvalue weighted by Gasteiger charge is -2.28. The topological polar surface area (TPSA) is 65.2 Å². The number of hydrogen-bond acceptors (Lipinski definition) is 3. The van der Waals surface area contributed by atoms with Crippen molar-refractivity contribution in [2.75, 3.05) is 18.4 Å². The maximum absolute atomic E-state index is 13.7. The Morgan fingerprint density at radius 2 is 1.93 bits per heavy atom. The molecule has 1 amide bonds. The lowest BCUT2D eigenvalue weighted by molar-refractivity contribution is -0.117. The van der Waals surface area contributed by atoms with Crippen LogP contribution < -0.4 is 10.7 Å². The second kappa shape index (κ2) is 7.40. The number of carbonyl (C=O) groups excluding carboxylic acids is 1. The van der Waals surface area contributed by atoms with Gasteiger partial charge in [-0.25, -0.2) is 8.78 Å². The summed E-state index contributed by atoms with van der Waals surface area (Å²) in [5.74, 6) is -1.94. The minimum Gasteiger partial charge on any atom is -0.358 e. The van der Waals surface area contributed by atoms with Crippen molar-refractivity contribution in [2.24, 2.45) is 0 Å². The molecule has 29 heavy (non-hydrogen) atoms. The number of carbonyl (C=O) groups is 1. The van der Waals surface area contributed by atoms with Gasteiger partial charge >= 0.3 is 0 Å².